The summed E-state index contributed by atoms with van der Waals surface area (Å²) in [4.78, 5) is 0. The van der Waals surface area contributed by atoms with Crippen molar-refractivity contribution in [2.45, 2.75) is 25.3 Å². The normalized spacial score (nSPS) is 17.2. The zero-order valence-electron chi connectivity index (χ0n) is 7.78. The summed E-state index contributed by atoms with van der Waals surface area (Å²) in [7, 11) is 0. The maximum atomic E-state index is 4.57. The standard InChI is InChI=1S/C11H11BrN2/c12-9-4-5-11-8(6-9)7-14(13-11)10-2-1-3-10/h4-7,10H,1-3H2. The van der Waals surface area contributed by atoms with E-state index < -0.39 is 0 Å². The van der Waals surface area contributed by atoms with Crippen LogP contribution in [0.25, 0.3) is 10.9 Å². The molecular formula is C11H11BrN2. The van der Waals surface area contributed by atoms with Crippen LogP contribution in [0.2, 0.25) is 0 Å². The fraction of sp³-hybridized carbons (Fsp3) is 0.364. The number of rotatable bonds is 1. The molecule has 0 amide bonds. The van der Waals surface area contributed by atoms with Crippen molar-refractivity contribution in [2.24, 2.45) is 0 Å². The van der Waals surface area contributed by atoms with Crippen LogP contribution < -0.4 is 0 Å². The Bertz CT molecular complexity index is 471. The molecule has 14 heavy (non-hydrogen) atoms. The molecule has 0 spiro atoms. The molecule has 2 aromatic rings. The van der Waals surface area contributed by atoms with Gasteiger partial charge in [0.2, 0.25) is 0 Å². The van der Waals surface area contributed by atoms with Gasteiger partial charge in [-0.3, -0.25) is 4.68 Å². The highest BCUT2D eigenvalue weighted by Crippen LogP contribution is 2.32. The van der Waals surface area contributed by atoms with E-state index in [0.717, 1.165) is 9.99 Å². The molecule has 2 nitrogen and oxygen atoms in total. The lowest BCUT2D eigenvalue weighted by molar-refractivity contribution is 0.291. The highest BCUT2D eigenvalue weighted by atomic mass is 79.9. The zero-order chi connectivity index (χ0) is 9.54. The first-order valence-corrected chi connectivity index (χ1v) is 5.77. The first kappa shape index (κ1) is 8.48. The Morgan fingerprint density at radius 3 is 2.93 bits per heavy atom. The van der Waals surface area contributed by atoms with E-state index >= 15 is 0 Å². The Labute approximate surface area is 91.0 Å². The Hall–Kier alpha value is -0.830. The number of hydrogen-bond acceptors (Lipinski definition) is 1. The van der Waals surface area contributed by atoms with Gasteiger partial charge in [0.05, 0.1) is 11.6 Å². The SMILES string of the molecule is Brc1ccc2nn(C3CCC3)cc2c1. The second-order valence-corrected chi connectivity index (χ2v) is 4.81. The third kappa shape index (κ3) is 1.27. The summed E-state index contributed by atoms with van der Waals surface area (Å²) in [6, 6.07) is 6.88. The lowest BCUT2D eigenvalue weighted by Crippen LogP contribution is -2.16. The van der Waals surface area contributed by atoms with Crippen molar-refractivity contribution in [3.8, 4) is 0 Å². The van der Waals surface area contributed by atoms with Gasteiger partial charge in [-0.05, 0) is 37.5 Å². The van der Waals surface area contributed by atoms with Gasteiger partial charge in [0, 0.05) is 16.1 Å². The van der Waals surface area contributed by atoms with Crippen LogP contribution in [0, 0.1) is 0 Å². The number of nitrogens with zero attached hydrogens (tertiary/aromatic N) is 2. The van der Waals surface area contributed by atoms with E-state index in [1.54, 1.807) is 0 Å². The highest BCUT2D eigenvalue weighted by molar-refractivity contribution is 9.10. The third-order valence-electron chi connectivity index (χ3n) is 2.93. The lowest BCUT2D eigenvalue weighted by Gasteiger charge is -2.25. The van der Waals surface area contributed by atoms with Crippen LogP contribution in [-0.4, -0.2) is 9.78 Å². The molecule has 1 fully saturated rings. The minimum atomic E-state index is 0.654. The monoisotopic (exact) mass is 250 g/mol. The minimum Gasteiger partial charge on any atom is -0.268 e. The van der Waals surface area contributed by atoms with Gasteiger partial charge in [-0.2, -0.15) is 5.10 Å². The Balaban J connectivity index is 2.10. The van der Waals surface area contributed by atoms with Gasteiger partial charge in [-0.1, -0.05) is 15.9 Å². The van der Waals surface area contributed by atoms with Crippen LogP contribution in [0.15, 0.2) is 28.9 Å². The Kier molecular flexibility index (Phi) is 1.87. The smallest absolute Gasteiger partial charge is 0.0924 e. The fourth-order valence-corrected chi connectivity index (χ4v) is 2.23. The number of hydrogen-bond donors (Lipinski definition) is 0. The van der Waals surface area contributed by atoms with Crippen molar-refractivity contribution in [3.63, 3.8) is 0 Å². The Morgan fingerprint density at radius 2 is 2.21 bits per heavy atom. The van der Waals surface area contributed by atoms with Crippen LogP contribution in [0.3, 0.4) is 0 Å². The molecular weight excluding hydrogens is 240 g/mol. The molecule has 0 radical (unpaired) electrons. The number of aromatic nitrogens is 2. The number of halogens is 1. The second kappa shape index (κ2) is 3.09. The molecule has 0 saturated heterocycles. The minimum absolute atomic E-state index is 0.654. The molecule has 1 heterocycles. The molecule has 1 aliphatic carbocycles. The van der Waals surface area contributed by atoms with Crippen LogP contribution in [0.5, 0.6) is 0 Å². The van der Waals surface area contributed by atoms with E-state index in [1.807, 2.05) is 6.07 Å². The molecule has 1 saturated carbocycles. The predicted octanol–water partition coefficient (Wildman–Crippen LogP) is 3.52. The molecule has 3 heteroatoms. The van der Waals surface area contributed by atoms with Crippen LogP contribution in [-0.2, 0) is 0 Å². The molecule has 0 bridgehead atoms. The maximum Gasteiger partial charge on any atom is 0.0924 e. The van der Waals surface area contributed by atoms with Crippen molar-refractivity contribution >= 4 is 26.8 Å². The fourth-order valence-electron chi connectivity index (χ4n) is 1.85. The summed E-state index contributed by atoms with van der Waals surface area (Å²) >= 11 is 3.47. The van der Waals surface area contributed by atoms with Gasteiger partial charge in [0.15, 0.2) is 0 Å². The molecule has 0 aliphatic heterocycles. The average Bonchev–Trinajstić information content (AvgIpc) is 2.43. The van der Waals surface area contributed by atoms with Crippen molar-refractivity contribution in [3.05, 3.63) is 28.9 Å². The van der Waals surface area contributed by atoms with Gasteiger partial charge in [-0.25, -0.2) is 0 Å². The van der Waals surface area contributed by atoms with Gasteiger partial charge < -0.3 is 0 Å². The summed E-state index contributed by atoms with van der Waals surface area (Å²) in [5, 5.41) is 5.80. The summed E-state index contributed by atoms with van der Waals surface area (Å²) < 4.78 is 3.25. The molecule has 3 rings (SSSR count). The zero-order valence-corrected chi connectivity index (χ0v) is 9.37. The summed E-state index contributed by atoms with van der Waals surface area (Å²) in [5.41, 5.74) is 1.10. The quantitative estimate of drug-likeness (QED) is 0.758. The molecule has 0 atom stereocenters. The average molecular weight is 251 g/mol. The van der Waals surface area contributed by atoms with E-state index in [2.05, 4.69) is 44.0 Å². The van der Waals surface area contributed by atoms with E-state index in [-0.39, 0.29) is 0 Å². The van der Waals surface area contributed by atoms with Crippen LogP contribution >= 0.6 is 15.9 Å². The van der Waals surface area contributed by atoms with E-state index in [1.165, 1.54) is 24.6 Å². The van der Waals surface area contributed by atoms with Crippen molar-refractivity contribution in [1.82, 2.24) is 9.78 Å². The van der Waals surface area contributed by atoms with E-state index in [0.29, 0.717) is 6.04 Å². The summed E-state index contributed by atoms with van der Waals surface area (Å²) in [6.45, 7) is 0. The second-order valence-electron chi connectivity index (χ2n) is 3.90. The summed E-state index contributed by atoms with van der Waals surface area (Å²) in [5.74, 6) is 0. The molecule has 1 aliphatic rings. The van der Waals surface area contributed by atoms with Gasteiger partial charge in [0.1, 0.15) is 0 Å². The first-order chi connectivity index (χ1) is 6.83. The summed E-state index contributed by atoms with van der Waals surface area (Å²) in [6.07, 6.45) is 6.08. The van der Waals surface area contributed by atoms with E-state index in [9.17, 15) is 0 Å². The van der Waals surface area contributed by atoms with Crippen molar-refractivity contribution in [2.75, 3.05) is 0 Å². The predicted molar refractivity (Wildman–Crippen MR) is 60.3 cm³/mol. The maximum absolute atomic E-state index is 4.57. The molecule has 1 aromatic heterocycles. The largest absolute Gasteiger partial charge is 0.268 e. The van der Waals surface area contributed by atoms with E-state index in [4.69, 9.17) is 0 Å². The van der Waals surface area contributed by atoms with Crippen molar-refractivity contribution in [1.29, 1.82) is 0 Å². The topological polar surface area (TPSA) is 17.8 Å². The van der Waals surface area contributed by atoms with Gasteiger partial charge in [-0.15, -0.1) is 0 Å². The lowest BCUT2D eigenvalue weighted by atomic mass is 9.93. The first-order valence-electron chi connectivity index (χ1n) is 4.97. The van der Waals surface area contributed by atoms with Crippen LogP contribution in [0.1, 0.15) is 25.3 Å². The Morgan fingerprint density at radius 1 is 1.36 bits per heavy atom. The number of benzene rings is 1. The molecule has 0 N–H and O–H groups in total. The highest BCUT2D eigenvalue weighted by Gasteiger charge is 2.20. The van der Waals surface area contributed by atoms with Gasteiger partial charge in [0.25, 0.3) is 0 Å². The van der Waals surface area contributed by atoms with Gasteiger partial charge >= 0.3 is 0 Å². The molecule has 1 aromatic carbocycles. The molecule has 0 unspecified atom stereocenters. The number of fused-ring (bicyclic) bond motifs is 1. The van der Waals surface area contributed by atoms with Crippen molar-refractivity contribution < 1.29 is 0 Å². The third-order valence-corrected chi connectivity index (χ3v) is 3.43. The molecule has 72 valence electrons. The van der Waals surface area contributed by atoms with Crippen LogP contribution in [0.4, 0.5) is 0 Å².